The van der Waals surface area contributed by atoms with Crippen LogP contribution in [0, 0.1) is 0 Å². The average molecular weight is 196 g/mol. The topological polar surface area (TPSA) is 20.2 Å². The van der Waals surface area contributed by atoms with Crippen molar-refractivity contribution in [2.24, 2.45) is 0 Å². The highest BCUT2D eigenvalue weighted by molar-refractivity contribution is 7.06. The Balaban J connectivity index is 2.92. The van der Waals surface area contributed by atoms with Gasteiger partial charge >= 0.3 is 0 Å². The zero-order valence-electron chi connectivity index (χ0n) is 7.75. The minimum Gasteiger partial charge on any atom is -0.434 e. The molecule has 0 saturated carbocycles. The van der Waals surface area contributed by atoms with E-state index in [1.54, 1.807) is 0 Å². The second-order valence-electron chi connectivity index (χ2n) is 3.12. The first-order valence-corrected chi connectivity index (χ1v) is 10.2. The van der Waals surface area contributed by atoms with Gasteiger partial charge in [0.1, 0.15) is 0 Å². The van der Waals surface area contributed by atoms with E-state index in [2.05, 4.69) is 25.1 Å². The molecule has 3 heteroatoms. The summed E-state index contributed by atoms with van der Waals surface area (Å²) in [5.41, 5.74) is 1.37. The number of aryl methyl sites for hydroxylation is 1. The number of benzene rings is 1. The highest BCUT2D eigenvalue weighted by atomic mass is 29.2. The van der Waals surface area contributed by atoms with Crippen molar-refractivity contribution in [1.82, 2.24) is 0 Å². The van der Waals surface area contributed by atoms with Crippen molar-refractivity contribution in [3.63, 3.8) is 0 Å². The third-order valence-electron chi connectivity index (χ3n) is 2.02. The summed E-state index contributed by atoms with van der Waals surface area (Å²) in [6.45, 7) is 2.18. The summed E-state index contributed by atoms with van der Waals surface area (Å²) in [4.78, 5) is 9.63. The quantitative estimate of drug-likeness (QED) is 0.642. The molecule has 0 radical (unpaired) electrons. The lowest BCUT2D eigenvalue weighted by Crippen LogP contribution is -2.33. The van der Waals surface area contributed by atoms with E-state index < -0.39 is 8.56 Å². The Labute approximate surface area is 78.4 Å². The molecule has 1 atom stereocenters. The van der Waals surface area contributed by atoms with Gasteiger partial charge in [0.2, 0.25) is 0 Å². The molecule has 0 amide bonds. The van der Waals surface area contributed by atoms with Crippen LogP contribution in [0.3, 0.4) is 0 Å². The Kier molecular flexibility index (Phi) is 3.71. The van der Waals surface area contributed by atoms with Crippen LogP contribution in [0.5, 0.6) is 0 Å². The van der Waals surface area contributed by atoms with Crippen LogP contribution in [0.25, 0.3) is 0 Å². The van der Waals surface area contributed by atoms with E-state index in [0.29, 0.717) is 0 Å². The van der Waals surface area contributed by atoms with Gasteiger partial charge in [-0.2, -0.15) is 0 Å². The average Bonchev–Trinajstić information content (AvgIpc) is 2.05. The molecule has 0 aromatic heterocycles. The van der Waals surface area contributed by atoms with Crippen LogP contribution in [0.2, 0.25) is 0 Å². The molecule has 0 spiro atoms. The molecule has 66 valence electrons. The summed E-state index contributed by atoms with van der Waals surface area (Å²) in [5, 5.41) is 1.27. The van der Waals surface area contributed by atoms with Crippen molar-refractivity contribution < 1.29 is 4.80 Å². The lowest BCUT2D eigenvalue weighted by molar-refractivity contribution is 0.606. The molecule has 1 nitrogen and oxygen atoms in total. The van der Waals surface area contributed by atoms with E-state index in [1.807, 2.05) is 6.07 Å². The normalized spacial score (nSPS) is 13.2. The fourth-order valence-corrected chi connectivity index (χ4v) is 4.30. The fraction of sp³-hybridized carbons (Fsp3) is 0.333. The largest absolute Gasteiger partial charge is 0.434 e. The molecule has 0 aliphatic heterocycles. The Morgan fingerprint density at radius 1 is 1.42 bits per heavy atom. The Bertz CT molecular complexity index is 248. The number of rotatable bonds is 3. The van der Waals surface area contributed by atoms with E-state index in [-0.39, 0.29) is 0 Å². The van der Waals surface area contributed by atoms with Gasteiger partial charge < -0.3 is 4.80 Å². The van der Waals surface area contributed by atoms with Crippen molar-refractivity contribution >= 4 is 23.5 Å². The lowest BCUT2D eigenvalue weighted by atomic mass is 10.1. The van der Waals surface area contributed by atoms with Gasteiger partial charge in [-0.15, -0.1) is 0 Å². The summed E-state index contributed by atoms with van der Waals surface area (Å²) in [7, 11) is -0.504. The second kappa shape index (κ2) is 4.59. The van der Waals surface area contributed by atoms with E-state index in [1.165, 1.54) is 17.2 Å². The molecule has 1 unspecified atom stereocenters. The monoisotopic (exact) mass is 196 g/mol. The third-order valence-corrected chi connectivity index (χ3v) is 5.35. The Hall–Kier alpha value is -0.386. The molecule has 1 aromatic rings. The second-order valence-corrected chi connectivity index (χ2v) is 8.38. The van der Waals surface area contributed by atoms with Crippen LogP contribution in [-0.4, -0.2) is 23.1 Å². The number of hydrogen-bond donors (Lipinski definition) is 1. The maximum Gasteiger partial charge on any atom is 0.179 e. The SMILES string of the molecule is CCCc1ccccc1[SiH](O)[SiH3]. The van der Waals surface area contributed by atoms with Crippen molar-refractivity contribution in [2.45, 2.75) is 19.8 Å². The summed E-state index contributed by atoms with van der Waals surface area (Å²) in [6, 6.07) is 8.33. The van der Waals surface area contributed by atoms with Gasteiger partial charge in [-0.1, -0.05) is 37.6 Å². The molecule has 1 rings (SSSR count). The van der Waals surface area contributed by atoms with Crippen LogP contribution in [-0.2, 0) is 6.42 Å². The van der Waals surface area contributed by atoms with Gasteiger partial charge in [-0.25, -0.2) is 0 Å². The highest BCUT2D eigenvalue weighted by Crippen LogP contribution is 2.00. The first kappa shape index (κ1) is 9.70. The zero-order valence-corrected chi connectivity index (χ0v) is 10.9. The van der Waals surface area contributed by atoms with E-state index >= 15 is 0 Å². The van der Waals surface area contributed by atoms with Crippen LogP contribution in [0.15, 0.2) is 24.3 Å². The Morgan fingerprint density at radius 2 is 2.08 bits per heavy atom. The van der Waals surface area contributed by atoms with Crippen molar-refractivity contribution in [3.05, 3.63) is 29.8 Å². The lowest BCUT2D eigenvalue weighted by Gasteiger charge is -2.09. The van der Waals surface area contributed by atoms with Crippen LogP contribution in [0.4, 0.5) is 0 Å². The smallest absolute Gasteiger partial charge is 0.179 e. The summed E-state index contributed by atoms with van der Waals surface area (Å²) >= 11 is 0. The van der Waals surface area contributed by atoms with Crippen LogP contribution in [0.1, 0.15) is 18.9 Å². The molecule has 0 aliphatic rings. The highest BCUT2D eigenvalue weighted by Gasteiger charge is 2.06. The van der Waals surface area contributed by atoms with Crippen LogP contribution < -0.4 is 5.19 Å². The summed E-state index contributed by atoms with van der Waals surface area (Å²) in [6.07, 6.45) is 2.28. The van der Waals surface area contributed by atoms with Crippen molar-refractivity contribution in [1.29, 1.82) is 0 Å². The molecule has 1 aromatic carbocycles. The molecule has 0 heterocycles. The standard InChI is InChI=1S/C9H16OSi2/c1-2-5-8-6-3-4-7-9(8)12(10)11/h3-4,6-7,10,12H,2,5H2,1,11H3. The first-order valence-electron chi connectivity index (χ1n) is 4.51. The first-order chi connectivity index (χ1) is 5.75. The maximum atomic E-state index is 9.63. The van der Waals surface area contributed by atoms with E-state index in [9.17, 15) is 4.80 Å². The fourth-order valence-electron chi connectivity index (χ4n) is 1.44. The molecular weight excluding hydrogens is 180 g/mol. The van der Waals surface area contributed by atoms with Crippen molar-refractivity contribution in [3.8, 4) is 0 Å². The molecule has 0 saturated heterocycles. The molecule has 1 N–H and O–H groups in total. The van der Waals surface area contributed by atoms with E-state index in [4.69, 9.17) is 0 Å². The summed E-state index contributed by atoms with van der Waals surface area (Å²) < 4.78 is 0. The van der Waals surface area contributed by atoms with Gasteiger partial charge in [0.25, 0.3) is 0 Å². The minimum absolute atomic E-state index is 0.957. The van der Waals surface area contributed by atoms with Crippen molar-refractivity contribution in [2.75, 3.05) is 0 Å². The Morgan fingerprint density at radius 3 is 2.67 bits per heavy atom. The molecule has 0 bridgehead atoms. The molecule has 0 fully saturated rings. The van der Waals surface area contributed by atoms with Gasteiger partial charge in [-0.05, 0) is 17.2 Å². The molecular formula is C9H16OSi2. The molecule has 0 aliphatic carbocycles. The van der Waals surface area contributed by atoms with Gasteiger partial charge in [0.05, 0.1) is 0 Å². The van der Waals surface area contributed by atoms with Gasteiger partial charge in [0, 0.05) is 9.76 Å². The van der Waals surface area contributed by atoms with Gasteiger partial charge in [-0.3, -0.25) is 0 Å². The number of hydrogen-bond acceptors (Lipinski definition) is 1. The van der Waals surface area contributed by atoms with E-state index in [0.717, 1.165) is 16.2 Å². The minimum atomic E-state index is -1.46. The molecule has 12 heavy (non-hydrogen) atoms. The maximum absolute atomic E-state index is 9.63. The predicted molar refractivity (Wildman–Crippen MR) is 59.4 cm³/mol. The summed E-state index contributed by atoms with van der Waals surface area (Å²) in [5.74, 6) is 0. The van der Waals surface area contributed by atoms with Crippen LogP contribution >= 0.6 is 0 Å². The van der Waals surface area contributed by atoms with Gasteiger partial charge in [0.15, 0.2) is 8.56 Å². The predicted octanol–water partition coefficient (Wildman–Crippen LogP) is -0.576. The third kappa shape index (κ3) is 2.30. The zero-order chi connectivity index (χ0) is 8.97.